The van der Waals surface area contributed by atoms with Crippen molar-refractivity contribution >= 4 is 21.8 Å². The lowest BCUT2D eigenvalue weighted by Crippen LogP contribution is -2.28. The predicted octanol–water partition coefficient (Wildman–Crippen LogP) is 10.7. The number of benzene rings is 7. The van der Waals surface area contributed by atoms with Crippen LogP contribution in [0.4, 0.5) is 0 Å². The van der Waals surface area contributed by atoms with E-state index >= 15 is 0 Å². The SMILES string of the molecule is N#Cc1ccc2c(c1)C1c3cc(C#N)ccc3C2c2cc(C#N)cc(-c3cccc(-c4ccc5c(c4)c4ccccc4n5-c4ccccc4)c3)c21. The molecule has 4 heteroatoms. The Morgan fingerprint density at radius 3 is 1.76 bits per heavy atom. The van der Waals surface area contributed by atoms with Crippen LogP contribution in [0.25, 0.3) is 49.7 Å². The van der Waals surface area contributed by atoms with E-state index in [4.69, 9.17) is 0 Å². The summed E-state index contributed by atoms with van der Waals surface area (Å²) in [6.45, 7) is 0. The standard InChI is InChI=1S/C47H26N4/c48-25-28-13-16-36-40(19-28)47-41-20-29(26-49)14-17-37(41)45(36)42-22-30(27-50)21-38(46(42)47)33-8-6-7-31(23-33)32-15-18-44-39(24-32)35-11-4-5-12-43(35)51(44)34-9-2-1-3-10-34/h1-24,45,47H. The summed E-state index contributed by atoms with van der Waals surface area (Å²) in [5.41, 5.74) is 16.3. The molecule has 4 nitrogen and oxygen atoms in total. The van der Waals surface area contributed by atoms with Gasteiger partial charge in [-0.15, -0.1) is 0 Å². The third kappa shape index (κ3) is 4.17. The maximum atomic E-state index is 10.3. The molecule has 0 spiro atoms. The van der Waals surface area contributed by atoms with Crippen LogP contribution in [-0.4, -0.2) is 4.57 Å². The van der Waals surface area contributed by atoms with Gasteiger partial charge in [0.25, 0.3) is 0 Å². The Labute approximate surface area is 294 Å². The second-order valence-corrected chi connectivity index (χ2v) is 13.4. The zero-order valence-corrected chi connectivity index (χ0v) is 27.3. The highest BCUT2D eigenvalue weighted by atomic mass is 15.0. The van der Waals surface area contributed by atoms with E-state index in [0.717, 1.165) is 66.8 Å². The van der Waals surface area contributed by atoms with Gasteiger partial charge in [0, 0.05) is 28.3 Å². The van der Waals surface area contributed by atoms with Gasteiger partial charge in [0.1, 0.15) is 0 Å². The van der Waals surface area contributed by atoms with Crippen molar-refractivity contribution in [3.05, 3.63) is 196 Å². The molecule has 1 aromatic heterocycles. The van der Waals surface area contributed by atoms with E-state index in [9.17, 15) is 15.8 Å². The fourth-order valence-electron chi connectivity index (χ4n) is 8.71. The molecule has 51 heavy (non-hydrogen) atoms. The molecule has 0 unspecified atom stereocenters. The lowest BCUT2D eigenvalue weighted by Gasteiger charge is -2.43. The first-order chi connectivity index (χ1) is 25.1. The van der Waals surface area contributed by atoms with Crippen molar-refractivity contribution in [1.82, 2.24) is 4.57 Å². The van der Waals surface area contributed by atoms with E-state index in [1.165, 1.54) is 16.3 Å². The fourth-order valence-corrected chi connectivity index (χ4v) is 8.71. The molecule has 0 amide bonds. The van der Waals surface area contributed by atoms with Crippen LogP contribution in [0.1, 0.15) is 61.9 Å². The lowest BCUT2D eigenvalue weighted by molar-refractivity contribution is 0.754. The van der Waals surface area contributed by atoms with Gasteiger partial charge in [-0.1, -0.05) is 72.8 Å². The molecule has 0 fully saturated rings. The predicted molar refractivity (Wildman–Crippen MR) is 201 cm³/mol. The van der Waals surface area contributed by atoms with Crippen LogP contribution in [0, 0.1) is 34.0 Å². The van der Waals surface area contributed by atoms with Crippen LogP contribution in [0.15, 0.2) is 146 Å². The lowest BCUT2D eigenvalue weighted by atomic mass is 9.59. The van der Waals surface area contributed by atoms with E-state index in [0.29, 0.717) is 16.7 Å². The number of nitrogens with zero attached hydrogens (tertiary/aromatic N) is 4. The van der Waals surface area contributed by atoms with Crippen LogP contribution in [0.2, 0.25) is 0 Å². The van der Waals surface area contributed by atoms with Crippen LogP contribution in [-0.2, 0) is 0 Å². The summed E-state index contributed by atoms with van der Waals surface area (Å²) >= 11 is 0. The average molecular weight is 647 g/mol. The fraction of sp³-hybridized carbons (Fsp3) is 0.0426. The van der Waals surface area contributed by atoms with Gasteiger partial charge in [0.2, 0.25) is 0 Å². The van der Waals surface area contributed by atoms with Gasteiger partial charge < -0.3 is 4.57 Å². The third-order valence-corrected chi connectivity index (χ3v) is 10.8. The monoisotopic (exact) mass is 646 g/mol. The largest absolute Gasteiger partial charge is 0.309 e. The highest BCUT2D eigenvalue weighted by molar-refractivity contribution is 6.10. The topological polar surface area (TPSA) is 76.3 Å². The molecule has 0 aliphatic heterocycles. The Kier molecular flexibility index (Phi) is 6.16. The number of rotatable bonds is 3. The third-order valence-electron chi connectivity index (χ3n) is 10.8. The van der Waals surface area contributed by atoms with Gasteiger partial charge >= 0.3 is 0 Å². The maximum absolute atomic E-state index is 10.3. The van der Waals surface area contributed by atoms with Gasteiger partial charge in [-0.25, -0.2) is 0 Å². The molecule has 0 saturated heterocycles. The van der Waals surface area contributed by atoms with Gasteiger partial charge in [-0.3, -0.25) is 0 Å². The first kappa shape index (κ1) is 28.8. The number of para-hydroxylation sites is 2. The number of aromatic nitrogens is 1. The number of hydrogen-bond donors (Lipinski definition) is 0. The van der Waals surface area contributed by atoms with Crippen molar-refractivity contribution in [1.29, 1.82) is 15.8 Å². The smallest absolute Gasteiger partial charge is 0.0991 e. The zero-order valence-electron chi connectivity index (χ0n) is 27.3. The minimum absolute atomic E-state index is 0.102. The average Bonchev–Trinajstić information content (AvgIpc) is 3.53. The first-order valence-corrected chi connectivity index (χ1v) is 17.0. The van der Waals surface area contributed by atoms with E-state index in [1.54, 1.807) is 0 Å². The van der Waals surface area contributed by atoms with Gasteiger partial charge in [-0.05, 0) is 128 Å². The summed E-state index contributed by atoms with van der Waals surface area (Å²) in [5.74, 6) is -0.279. The molecule has 0 radical (unpaired) electrons. The molecule has 0 saturated carbocycles. The molecular formula is C47H26N4. The molecule has 8 aromatic rings. The summed E-state index contributed by atoms with van der Waals surface area (Å²) in [6, 6.07) is 57.4. The highest BCUT2D eigenvalue weighted by Gasteiger charge is 2.43. The van der Waals surface area contributed by atoms with Crippen molar-refractivity contribution in [3.8, 4) is 46.1 Å². The van der Waals surface area contributed by atoms with Gasteiger partial charge in [0.15, 0.2) is 0 Å². The Morgan fingerprint density at radius 2 is 1.04 bits per heavy atom. The minimum atomic E-state index is -0.177. The number of hydrogen-bond acceptors (Lipinski definition) is 3. The first-order valence-electron chi connectivity index (χ1n) is 17.0. The molecule has 3 aliphatic carbocycles. The van der Waals surface area contributed by atoms with Crippen LogP contribution < -0.4 is 0 Å². The normalized spacial score (nSPS) is 15.0. The molecule has 3 aliphatic rings. The van der Waals surface area contributed by atoms with Gasteiger partial charge in [0.05, 0.1) is 45.9 Å². The Morgan fingerprint density at radius 1 is 0.412 bits per heavy atom. The highest BCUT2D eigenvalue weighted by Crippen LogP contribution is 2.58. The molecule has 7 aromatic carbocycles. The number of nitriles is 3. The van der Waals surface area contributed by atoms with E-state index < -0.39 is 0 Å². The molecule has 234 valence electrons. The van der Waals surface area contributed by atoms with Crippen molar-refractivity contribution in [3.63, 3.8) is 0 Å². The molecule has 0 N–H and O–H groups in total. The maximum Gasteiger partial charge on any atom is 0.0991 e. The Balaban J connectivity index is 1.17. The Hall–Kier alpha value is -7.19. The molecule has 11 rings (SSSR count). The van der Waals surface area contributed by atoms with Crippen LogP contribution >= 0.6 is 0 Å². The molecule has 0 atom stereocenters. The zero-order chi connectivity index (χ0) is 34.2. The number of fused-ring (bicyclic) bond motifs is 3. The van der Waals surface area contributed by atoms with Crippen molar-refractivity contribution in [2.45, 2.75) is 11.8 Å². The summed E-state index contributed by atoms with van der Waals surface area (Å²) < 4.78 is 2.32. The van der Waals surface area contributed by atoms with Crippen molar-refractivity contribution in [2.75, 3.05) is 0 Å². The van der Waals surface area contributed by atoms with E-state index in [1.807, 2.05) is 42.5 Å². The summed E-state index contributed by atoms with van der Waals surface area (Å²) in [4.78, 5) is 0. The second-order valence-electron chi connectivity index (χ2n) is 13.4. The van der Waals surface area contributed by atoms with Gasteiger partial charge in [-0.2, -0.15) is 15.8 Å². The van der Waals surface area contributed by atoms with Crippen LogP contribution in [0.3, 0.4) is 0 Å². The Bertz CT molecular complexity index is 2840. The molecule has 1 heterocycles. The quantitative estimate of drug-likeness (QED) is 0.192. The van der Waals surface area contributed by atoms with Crippen LogP contribution in [0.5, 0.6) is 0 Å². The van der Waals surface area contributed by atoms with E-state index in [-0.39, 0.29) is 11.8 Å². The molecule has 2 bridgehead atoms. The summed E-state index contributed by atoms with van der Waals surface area (Å²) in [6.07, 6.45) is 0. The summed E-state index contributed by atoms with van der Waals surface area (Å²) in [7, 11) is 0. The minimum Gasteiger partial charge on any atom is -0.309 e. The second kappa shape index (κ2) is 10.9. The molecular weight excluding hydrogens is 621 g/mol. The van der Waals surface area contributed by atoms with E-state index in [2.05, 4.69) is 126 Å². The summed E-state index contributed by atoms with van der Waals surface area (Å²) in [5, 5.41) is 32.4. The van der Waals surface area contributed by atoms with Crippen molar-refractivity contribution < 1.29 is 0 Å². The van der Waals surface area contributed by atoms with Crippen molar-refractivity contribution in [2.24, 2.45) is 0 Å².